The van der Waals surface area contributed by atoms with Gasteiger partial charge in [-0.3, -0.25) is 9.88 Å². The Morgan fingerprint density at radius 2 is 2.29 bits per heavy atom. The first kappa shape index (κ1) is 15.7. The number of aromatic nitrogens is 1. The molecule has 1 aromatic heterocycles. The predicted octanol–water partition coefficient (Wildman–Crippen LogP) is 1.29. The second-order valence-corrected chi connectivity index (χ2v) is 5.41. The van der Waals surface area contributed by atoms with Gasteiger partial charge in [-0.05, 0) is 30.5 Å². The lowest BCUT2D eigenvalue weighted by molar-refractivity contribution is 0.164. The number of nitrogens with two attached hydrogens (primary N) is 1. The highest BCUT2D eigenvalue weighted by Gasteiger charge is 2.32. The lowest BCUT2D eigenvalue weighted by atomic mass is 9.97. The van der Waals surface area contributed by atoms with E-state index in [0.29, 0.717) is 0 Å². The van der Waals surface area contributed by atoms with E-state index in [2.05, 4.69) is 26.9 Å². The molecule has 2 rings (SSSR count). The molecule has 3 atom stereocenters. The van der Waals surface area contributed by atoms with Gasteiger partial charge in [-0.2, -0.15) is 0 Å². The number of nitrogens with one attached hydrogen (secondary N) is 1. The molecule has 1 aliphatic heterocycles. The van der Waals surface area contributed by atoms with E-state index in [0.717, 1.165) is 25.9 Å². The van der Waals surface area contributed by atoms with Crippen LogP contribution in [-0.4, -0.2) is 48.3 Å². The van der Waals surface area contributed by atoms with E-state index in [-0.39, 0.29) is 24.2 Å². The molecule has 0 aliphatic carbocycles. The van der Waals surface area contributed by atoms with Crippen LogP contribution in [0.3, 0.4) is 0 Å². The molecule has 0 aromatic carbocycles. The van der Waals surface area contributed by atoms with E-state index in [1.165, 1.54) is 12.7 Å². The van der Waals surface area contributed by atoms with Gasteiger partial charge in [0, 0.05) is 37.6 Å². The minimum atomic E-state index is -0.373. The fourth-order valence-corrected chi connectivity index (χ4v) is 2.90. The van der Waals surface area contributed by atoms with Crippen molar-refractivity contribution in [3.63, 3.8) is 0 Å². The molecular weight excluding hydrogens is 268 g/mol. The van der Waals surface area contributed by atoms with Crippen molar-refractivity contribution in [1.82, 2.24) is 15.2 Å². The summed E-state index contributed by atoms with van der Waals surface area (Å²) in [6.07, 6.45) is 5.03. The molecule has 1 aliphatic rings. The third kappa shape index (κ3) is 3.92. The molecule has 1 aromatic rings. The molecule has 21 heavy (non-hydrogen) atoms. The van der Waals surface area contributed by atoms with E-state index in [9.17, 15) is 4.79 Å². The first-order chi connectivity index (χ1) is 10.2. The monoisotopic (exact) mass is 292 g/mol. The molecule has 3 N–H and O–H groups in total. The average Bonchev–Trinajstić information content (AvgIpc) is 2.96. The maximum absolute atomic E-state index is 11.3. The fraction of sp³-hybridized carbons (Fsp3) is 0.600. The minimum Gasteiger partial charge on any atom is -0.453 e. The number of ether oxygens (including phenoxy) is 1. The van der Waals surface area contributed by atoms with E-state index in [4.69, 9.17) is 5.73 Å². The number of pyridine rings is 1. The van der Waals surface area contributed by atoms with Crippen LogP contribution in [-0.2, 0) is 4.74 Å². The molecule has 116 valence electrons. The number of nitrogens with zero attached hydrogens (tertiary/aromatic N) is 2. The predicted molar refractivity (Wildman–Crippen MR) is 80.8 cm³/mol. The van der Waals surface area contributed by atoms with Crippen LogP contribution in [0, 0.1) is 0 Å². The zero-order valence-electron chi connectivity index (χ0n) is 12.7. The van der Waals surface area contributed by atoms with Crippen molar-refractivity contribution in [3.8, 4) is 0 Å². The maximum Gasteiger partial charge on any atom is 0.407 e. The molecule has 3 unspecified atom stereocenters. The number of rotatable bonds is 5. The second-order valence-electron chi connectivity index (χ2n) is 5.41. The van der Waals surface area contributed by atoms with Crippen LogP contribution in [0.4, 0.5) is 4.79 Å². The Bertz CT molecular complexity index is 454. The van der Waals surface area contributed by atoms with Gasteiger partial charge in [-0.15, -0.1) is 0 Å². The van der Waals surface area contributed by atoms with Crippen molar-refractivity contribution in [2.75, 3.05) is 20.2 Å². The fourth-order valence-electron chi connectivity index (χ4n) is 2.90. The first-order valence-corrected chi connectivity index (χ1v) is 7.39. The maximum atomic E-state index is 11.3. The Kier molecular flexibility index (Phi) is 5.52. The second kappa shape index (κ2) is 7.38. The van der Waals surface area contributed by atoms with Gasteiger partial charge in [0.05, 0.1) is 13.2 Å². The highest BCUT2D eigenvalue weighted by molar-refractivity contribution is 5.67. The largest absolute Gasteiger partial charge is 0.453 e. The number of amides is 1. The normalized spacial score (nSPS) is 21.8. The zero-order valence-corrected chi connectivity index (χ0v) is 12.7. The van der Waals surface area contributed by atoms with Crippen LogP contribution in [0.15, 0.2) is 24.5 Å². The van der Waals surface area contributed by atoms with Crippen LogP contribution in [0.25, 0.3) is 0 Å². The van der Waals surface area contributed by atoms with Gasteiger partial charge in [0.15, 0.2) is 0 Å². The van der Waals surface area contributed by atoms with Crippen LogP contribution in [0.2, 0.25) is 0 Å². The minimum absolute atomic E-state index is 0.0595. The lowest BCUT2D eigenvalue weighted by Gasteiger charge is -2.32. The molecule has 0 saturated carbocycles. The van der Waals surface area contributed by atoms with Crippen LogP contribution >= 0.6 is 0 Å². The summed E-state index contributed by atoms with van der Waals surface area (Å²) < 4.78 is 4.66. The summed E-state index contributed by atoms with van der Waals surface area (Å²) in [5.41, 5.74) is 7.51. The molecule has 0 spiro atoms. The number of hydrogen-bond acceptors (Lipinski definition) is 5. The number of likely N-dealkylation sites (tertiary alicyclic amines) is 1. The average molecular weight is 292 g/mol. The van der Waals surface area contributed by atoms with E-state index in [1.807, 2.05) is 12.1 Å². The summed E-state index contributed by atoms with van der Waals surface area (Å²) in [5, 5.41) is 2.87. The Morgan fingerprint density at radius 3 is 2.90 bits per heavy atom. The summed E-state index contributed by atoms with van der Waals surface area (Å²) in [5.74, 6) is 0. The van der Waals surface area contributed by atoms with E-state index in [1.54, 1.807) is 12.4 Å². The summed E-state index contributed by atoms with van der Waals surface area (Å²) >= 11 is 0. The molecule has 0 bridgehead atoms. The van der Waals surface area contributed by atoms with Gasteiger partial charge < -0.3 is 15.8 Å². The van der Waals surface area contributed by atoms with Crippen LogP contribution in [0.5, 0.6) is 0 Å². The molecule has 1 amide bonds. The quantitative estimate of drug-likeness (QED) is 0.855. The van der Waals surface area contributed by atoms with Crippen molar-refractivity contribution in [1.29, 1.82) is 0 Å². The Balaban J connectivity index is 2.07. The Hall–Kier alpha value is -1.66. The molecule has 1 saturated heterocycles. The van der Waals surface area contributed by atoms with Gasteiger partial charge in [0.1, 0.15) is 0 Å². The van der Waals surface area contributed by atoms with Gasteiger partial charge in [0.2, 0.25) is 0 Å². The van der Waals surface area contributed by atoms with E-state index >= 15 is 0 Å². The van der Waals surface area contributed by atoms with Gasteiger partial charge in [-0.25, -0.2) is 4.79 Å². The zero-order chi connectivity index (χ0) is 15.2. The number of methoxy groups -OCH3 is 1. The smallest absolute Gasteiger partial charge is 0.407 e. The van der Waals surface area contributed by atoms with Crippen LogP contribution < -0.4 is 11.1 Å². The van der Waals surface area contributed by atoms with Crippen LogP contribution in [0.1, 0.15) is 31.4 Å². The van der Waals surface area contributed by atoms with Crippen molar-refractivity contribution in [2.45, 2.75) is 37.9 Å². The van der Waals surface area contributed by atoms with Crippen molar-refractivity contribution >= 4 is 6.09 Å². The molecule has 0 radical (unpaired) electrons. The highest BCUT2D eigenvalue weighted by atomic mass is 16.5. The molecular formula is C15H24N4O2. The van der Waals surface area contributed by atoms with Crippen molar-refractivity contribution < 1.29 is 9.53 Å². The summed E-state index contributed by atoms with van der Waals surface area (Å²) in [6.45, 7) is 3.80. The Morgan fingerprint density at radius 1 is 1.57 bits per heavy atom. The van der Waals surface area contributed by atoms with Gasteiger partial charge in [-0.1, -0.05) is 6.92 Å². The molecule has 6 heteroatoms. The third-order valence-electron chi connectivity index (χ3n) is 4.05. The molecule has 2 heterocycles. The first-order valence-electron chi connectivity index (χ1n) is 7.39. The number of alkyl carbamates (subject to hydrolysis) is 1. The van der Waals surface area contributed by atoms with Gasteiger partial charge >= 0.3 is 6.09 Å². The highest BCUT2D eigenvalue weighted by Crippen LogP contribution is 2.28. The molecule has 1 fully saturated rings. The number of carbonyl (C=O) groups is 1. The third-order valence-corrected chi connectivity index (χ3v) is 4.05. The van der Waals surface area contributed by atoms with Crippen molar-refractivity contribution in [3.05, 3.63) is 30.1 Å². The SMILES string of the molecule is CCC(N)C(c1ccncc1)N1CCC(NC(=O)OC)C1. The van der Waals surface area contributed by atoms with Gasteiger partial charge in [0.25, 0.3) is 0 Å². The number of hydrogen-bond donors (Lipinski definition) is 2. The summed E-state index contributed by atoms with van der Waals surface area (Å²) in [6, 6.07) is 4.36. The van der Waals surface area contributed by atoms with Crippen molar-refractivity contribution in [2.24, 2.45) is 5.73 Å². The topological polar surface area (TPSA) is 80.5 Å². The standard InChI is InChI=1S/C15H24N4O2/c1-3-13(16)14(11-4-7-17-8-5-11)19-9-6-12(10-19)18-15(20)21-2/h4-5,7-8,12-14H,3,6,9-10,16H2,1-2H3,(H,18,20). The molecule has 6 nitrogen and oxygen atoms in total. The lowest BCUT2D eigenvalue weighted by Crippen LogP contribution is -2.42. The Labute approximate surface area is 125 Å². The summed E-state index contributed by atoms with van der Waals surface area (Å²) in [7, 11) is 1.38. The number of carbonyl (C=O) groups excluding carboxylic acids is 1. The van der Waals surface area contributed by atoms with E-state index < -0.39 is 0 Å². The summed E-state index contributed by atoms with van der Waals surface area (Å²) in [4.78, 5) is 17.7.